The molecular formula is C14H14BrNOS. The summed E-state index contributed by atoms with van der Waals surface area (Å²) < 4.78 is 6.33. The van der Waals surface area contributed by atoms with E-state index in [2.05, 4.69) is 22.0 Å². The molecule has 0 saturated carbocycles. The number of benzene rings is 2. The summed E-state index contributed by atoms with van der Waals surface area (Å²) in [7, 11) is 1.69. The van der Waals surface area contributed by atoms with Crippen LogP contribution in [0, 0.1) is 0 Å². The summed E-state index contributed by atoms with van der Waals surface area (Å²) in [5.74, 6) is 1.73. The molecule has 0 aliphatic rings. The minimum Gasteiger partial charge on any atom is -0.496 e. The Kier molecular flexibility index (Phi) is 4.55. The largest absolute Gasteiger partial charge is 0.496 e. The highest BCUT2D eigenvalue weighted by Gasteiger charge is 2.05. The van der Waals surface area contributed by atoms with E-state index < -0.39 is 0 Å². The quantitative estimate of drug-likeness (QED) is 0.671. The van der Waals surface area contributed by atoms with Crippen LogP contribution in [0.4, 0.5) is 5.69 Å². The van der Waals surface area contributed by atoms with Gasteiger partial charge in [0.1, 0.15) is 5.75 Å². The summed E-state index contributed by atoms with van der Waals surface area (Å²) in [6.45, 7) is 0. The average molecular weight is 324 g/mol. The van der Waals surface area contributed by atoms with Gasteiger partial charge in [-0.3, -0.25) is 0 Å². The topological polar surface area (TPSA) is 35.2 Å². The predicted molar refractivity (Wildman–Crippen MR) is 81.1 cm³/mol. The number of ether oxygens (including phenoxy) is 1. The lowest BCUT2D eigenvalue weighted by atomic mass is 10.2. The SMILES string of the molecule is COc1ccccc1SCc1ccc(Br)cc1N. The second kappa shape index (κ2) is 6.16. The lowest BCUT2D eigenvalue weighted by Gasteiger charge is -2.09. The zero-order valence-electron chi connectivity index (χ0n) is 10.0. The van der Waals surface area contributed by atoms with Gasteiger partial charge in [0.15, 0.2) is 0 Å². The molecule has 0 aliphatic heterocycles. The number of thioether (sulfide) groups is 1. The molecule has 0 saturated heterocycles. The Hall–Kier alpha value is -1.13. The van der Waals surface area contributed by atoms with Crippen molar-refractivity contribution in [2.24, 2.45) is 0 Å². The molecule has 0 spiro atoms. The molecule has 2 N–H and O–H groups in total. The van der Waals surface area contributed by atoms with E-state index in [1.165, 1.54) is 0 Å². The standard InChI is InChI=1S/C14H14BrNOS/c1-17-13-4-2-3-5-14(13)18-9-10-6-7-11(15)8-12(10)16/h2-8H,9,16H2,1H3. The summed E-state index contributed by atoms with van der Waals surface area (Å²) in [5.41, 5.74) is 7.93. The summed E-state index contributed by atoms with van der Waals surface area (Å²) >= 11 is 5.13. The first-order valence-electron chi connectivity index (χ1n) is 5.50. The van der Waals surface area contributed by atoms with Crippen molar-refractivity contribution < 1.29 is 4.74 Å². The smallest absolute Gasteiger partial charge is 0.132 e. The maximum atomic E-state index is 5.98. The van der Waals surface area contributed by atoms with Crippen LogP contribution in [-0.2, 0) is 5.75 Å². The van der Waals surface area contributed by atoms with E-state index in [-0.39, 0.29) is 0 Å². The van der Waals surface area contributed by atoms with Gasteiger partial charge in [-0.15, -0.1) is 11.8 Å². The summed E-state index contributed by atoms with van der Waals surface area (Å²) in [6, 6.07) is 14.0. The van der Waals surface area contributed by atoms with Gasteiger partial charge in [-0.1, -0.05) is 34.1 Å². The minimum absolute atomic E-state index is 0.812. The van der Waals surface area contributed by atoms with Crippen LogP contribution in [0.5, 0.6) is 5.75 Å². The van der Waals surface area contributed by atoms with Crippen molar-refractivity contribution in [1.29, 1.82) is 0 Å². The normalized spacial score (nSPS) is 10.3. The number of nitrogens with two attached hydrogens (primary N) is 1. The molecule has 0 heterocycles. The Morgan fingerprint density at radius 2 is 2.00 bits per heavy atom. The number of nitrogen functional groups attached to an aromatic ring is 1. The van der Waals surface area contributed by atoms with Gasteiger partial charge in [0.2, 0.25) is 0 Å². The Bertz CT molecular complexity index is 545. The first kappa shape index (κ1) is 13.3. The van der Waals surface area contributed by atoms with E-state index in [0.29, 0.717) is 0 Å². The fourth-order valence-corrected chi connectivity index (χ4v) is 3.01. The summed E-state index contributed by atoms with van der Waals surface area (Å²) in [4.78, 5) is 1.13. The highest BCUT2D eigenvalue weighted by atomic mass is 79.9. The highest BCUT2D eigenvalue weighted by molar-refractivity contribution is 9.10. The molecule has 2 nitrogen and oxygen atoms in total. The number of para-hydroxylation sites is 1. The van der Waals surface area contributed by atoms with E-state index in [9.17, 15) is 0 Å². The average Bonchev–Trinajstić information content (AvgIpc) is 2.38. The molecule has 0 bridgehead atoms. The van der Waals surface area contributed by atoms with Crippen LogP contribution < -0.4 is 10.5 Å². The number of rotatable bonds is 4. The van der Waals surface area contributed by atoms with Crippen LogP contribution in [0.15, 0.2) is 51.8 Å². The Morgan fingerprint density at radius 1 is 1.22 bits per heavy atom. The molecule has 2 rings (SSSR count). The van der Waals surface area contributed by atoms with E-state index in [1.54, 1.807) is 18.9 Å². The van der Waals surface area contributed by atoms with Crippen molar-refractivity contribution in [2.45, 2.75) is 10.6 Å². The molecular weight excluding hydrogens is 310 g/mol. The van der Waals surface area contributed by atoms with Crippen LogP contribution in [0.3, 0.4) is 0 Å². The van der Waals surface area contributed by atoms with Crippen LogP contribution in [-0.4, -0.2) is 7.11 Å². The third-order valence-electron chi connectivity index (χ3n) is 2.56. The van der Waals surface area contributed by atoms with E-state index in [0.717, 1.165) is 32.1 Å². The lowest BCUT2D eigenvalue weighted by molar-refractivity contribution is 0.405. The predicted octanol–water partition coefficient (Wildman–Crippen LogP) is 4.33. The van der Waals surface area contributed by atoms with Gasteiger partial charge in [0.25, 0.3) is 0 Å². The van der Waals surface area contributed by atoms with Gasteiger partial charge in [-0.05, 0) is 29.8 Å². The molecule has 2 aromatic rings. The Morgan fingerprint density at radius 3 is 2.72 bits per heavy atom. The van der Waals surface area contributed by atoms with E-state index in [1.807, 2.05) is 36.4 Å². The van der Waals surface area contributed by atoms with Crippen molar-refractivity contribution in [3.05, 3.63) is 52.5 Å². The van der Waals surface area contributed by atoms with Crippen molar-refractivity contribution in [3.8, 4) is 5.75 Å². The molecule has 0 unspecified atom stereocenters. The number of halogens is 1. The molecule has 0 aromatic heterocycles. The zero-order chi connectivity index (χ0) is 13.0. The van der Waals surface area contributed by atoms with Gasteiger partial charge in [-0.25, -0.2) is 0 Å². The minimum atomic E-state index is 0.812. The van der Waals surface area contributed by atoms with E-state index in [4.69, 9.17) is 10.5 Å². The van der Waals surface area contributed by atoms with Crippen LogP contribution in [0.1, 0.15) is 5.56 Å². The van der Waals surface area contributed by atoms with E-state index >= 15 is 0 Å². The Balaban J connectivity index is 2.11. The molecule has 18 heavy (non-hydrogen) atoms. The van der Waals surface area contributed by atoms with Crippen molar-refractivity contribution >= 4 is 33.4 Å². The maximum Gasteiger partial charge on any atom is 0.132 e. The molecule has 0 amide bonds. The number of hydrogen-bond acceptors (Lipinski definition) is 3. The molecule has 0 atom stereocenters. The molecule has 94 valence electrons. The van der Waals surface area contributed by atoms with Crippen molar-refractivity contribution in [3.63, 3.8) is 0 Å². The second-order valence-electron chi connectivity index (χ2n) is 3.78. The van der Waals surface area contributed by atoms with Crippen LogP contribution >= 0.6 is 27.7 Å². The van der Waals surface area contributed by atoms with Gasteiger partial charge < -0.3 is 10.5 Å². The third kappa shape index (κ3) is 3.21. The van der Waals surface area contributed by atoms with Crippen molar-refractivity contribution in [1.82, 2.24) is 0 Å². The second-order valence-corrected chi connectivity index (χ2v) is 5.72. The van der Waals surface area contributed by atoms with Gasteiger partial charge >= 0.3 is 0 Å². The van der Waals surface area contributed by atoms with Gasteiger partial charge in [0, 0.05) is 20.8 Å². The lowest BCUT2D eigenvalue weighted by Crippen LogP contribution is -1.93. The first-order valence-corrected chi connectivity index (χ1v) is 7.28. The highest BCUT2D eigenvalue weighted by Crippen LogP contribution is 2.32. The summed E-state index contributed by atoms with van der Waals surface area (Å²) in [5, 5.41) is 0. The molecule has 0 fully saturated rings. The fraction of sp³-hybridized carbons (Fsp3) is 0.143. The Labute approximate surface area is 120 Å². The van der Waals surface area contributed by atoms with Crippen LogP contribution in [0.2, 0.25) is 0 Å². The molecule has 4 heteroatoms. The zero-order valence-corrected chi connectivity index (χ0v) is 12.4. The maximum absolute atomic E-state index is 5.98. The molecule has 0 radical (unpaired) electrons. The first-order chi connectivity index (χ1) is 8.70. The monoisotopic (exact) mass is 323 g/mol. The fourth-order valence-electron chi connectivity index (χ4n) is 1.59. The van der Waals surface area contributed by atoms with Crippen LogP contribution in [0.25, 0.3) is 0 Å². The molecule has 0 aliphatic carbocycles. The number of anilines is 1. The van der Waals surface area contributed by atoms with Gasteiger partial charge in [0.05, 0.1) is 7.11 Å². The molecule has 2 aromatic carbocycles. The third-order valence-corrected chi connectivity index (χ3v) is 4.16. The summed E-state index contributed by atoms with van der Waals surface area (Å²) in [6.07, 6.45) is 0. The number of methoxy groups -OCH3 is 1. The van der Waals surface area contributed by atoms with Crippen molar-refractivity contribution in [2.75, 3.05) is 12.8 Å². The number of hydrogen-bond donors (Lipinski definition) is 1. The van der Waals surface area contributed by atoms with Gasteiger partial charge in [-0.2, -0.15) is 0 Å².